The first-order valence-corrected chi connectivity index (χ1v) is 5.43. The van der Waals surface area contributed by atoms with Crippen molar-refractivity contribution in [3.63, 3.8) is 0 Å². The van der Waals surface area contributed by atoms with Crippen LogP contribution in [0.3, 0.4) is 0 Å². The van der Waals surface area contributed by atoms with Crippen LogP contribution < -0.4 is 10.9 Å². The Balaban J connectivity index is 2.30. The van der Waals surface area contributed by atoms with Crippen LogP contribution in [-0.2, 0) is 0 Å². The molecule has 0 aliphatic rings. The Morgan fingerprint density at radius 3 is 2.83 bits per heavy atom. The second-order valence-electron chi connectivity index (χ2n) is 3.53. The zero-order chi connectivity index (χ0) is 13.1. The van der Waals surface area contributed by atoms with Gasteiger partial charge in [-0.2, -0.15) is 0 Å². The van der Waals surface area contributed by atoms with E-state index in [-0.39, 0.29) is 17.0 Å². The monoisotopic (exact) mass is 264 g/mol. The molecule has 0 radical (unpaired) electrons. The van der Waals surface area contributed by atoms with Crippen LogP contribution in [0.4, 0.5) is 5.69 Å². The molecule has 0 aliphatic carbocycles. The molecule has 0 bridgehead atoms. The number of nitrogens with one attached hydrogen (secondary N) is 2. The number of carbonyl (C=O) groups excluding carboxylic acids is 1. The summed E-state index contributed by atoms with van der Waals surface area (Å²) in [7, 11) is 0. The summed E-state index contributed by atoms with van der Waals surface area (Å²) >= 11 is 5.75. The number of halogens is 1. The minimum Gasteiger partial charge on any atom is -0.506 e. The quantitative estimate of drug-likeness (QED) is 0.726. The van der Waals surface area contributed by atoms with E-state index in [2.05, 4.69) is 10.3 Å². The van der Waals surface area contributed by atoms with Crippen molar-refractivity contribution in [2.24, 2.45) is 0 Å². The van der Waals surface area contributed by atoms with Crippen LogP contribution in [0, 0.1) is 0 Å². The third-order valence-electron chi connectivity index (χ3n) is 2.27. The Labute approximate surface area is 107 Å². The lowest BCUT2D eigenvalue weighted by Crippen LogP contribution is -2.22. The maximum absolute atomic E-state index is 11.8. The fourth-order valence-corrected chi connectivity index (χ4v) is 1.57. The number of pyridine rings is 1. The summed E-state index contributed by atoms with van der Waals surface area (Å²) in [5.41, 5.74) is -0.399. The van der Waals surface area contributed by atoms with E-state index in [4.69, 9.17) is 11.6 Å². The summed E-state index contributed by atoms with van der Waals surface area (Å²) in [6.45, 7) is 0. The van der Waals surface area contributed by atoms with Crippen LogP contribution in [0.1, 0.15) is 10.4 Å². The highest BCUT2D eigenvalue weighted by Gasteiger charge is 2.12. The molecular weight excluding hydrogens is 256 g/mol. The average Bonchev–Trinajstić information content (AvgIpc) is 2.34. The molecule has 1 aromatic heterocycles. The molecule has 1 aromatic carbocycles. The number of phenols is 1. The van der Waals surface area contributed by atoms with E-state index in [0.717, 1.165) is 0 Å². The minimum absolute atomic E-state index is 0.0446. The number of benzene rings is 1. The van der Waals surface area contributed by atoms with Crippen molar-refractivity contribution in [1.82, 2.24) is 4.98 Å². The molecule has 0 aliphatic heterocycles. The van der Waals surface area contributed by atoms with Gasteiger partial charge in [0.25, 0.3) is 11.5 Å². The first-order valence-electron chi connectivity index (χ1n) is 5.05. The second kappa shape index (κ2) is 4.93. The number of phenolic OH excluding ortho intramolecular Hbond substituents is 1. The van der Waals surface area contributed by atoms with E-state index in [9.17, 15) is 14.7 Å². The van der Waals surface area contributed by atoms with Gasteiger partial charge < -0.3 is 15.4 Å². The van der Waals surface area contributed by atoms with Gasteiger partial charge in [0.15, 0.2) is 0 Å². The lowest BCUT2D eigenvalue weighted by Gasteiger charge is -2.07. The molecule has 0 fully saturated rings. The van der Waals surface area contributed by atoms with Gasteiger partial charge in [0.2, 0.25) is 0 Å². The number of amides is 1. The molecule has 92 valence electrons. The van der Waals surface area contributed by atoms with E-state index in [1.807, 2.05) is 0 Å². The molecule has 2 rings (SSSR count). The number of hydrogen-bond donors (Lipinski definition) is 3. The van der Waals surface area contributed by atoms with E-state index in [1.54, 1.807) is 0 Å². The summed E-state index contributed by atoms with van der Waals surface area (Å²) in [4.78, 5) is 25.6. The lowest BCUT2D eigenvalue weighted by molar-refractivity contribution is 0.102. The number of rotatable bonds is 2. The fraction of sp³-hybridized carbons (Fsp3) is 0. The van der Waals surface area contributed by atoms with Crippen molar-refractivity contribution in [2.75, 3.05) is 5.32 Å². The van der Waals surface area contributed by atoms with Crippen molar-refractivity contribution in [2.45, 2.75) is 0 Å². The third kappa shape index (κ3) is 2.52. The topological polar surface area (TPSA) is 82.2 Å². The summed E-state index contributed by atoms with van der Waals surface area (Å²) in [6, 6.07) is 7.16. The van der Waals surface area contributed by atoms with Crippen molar-refractivity contribution in [1.29, 1.82) is 0 Å². The summed E-state index contributed by atoms with van der Waals surface area (Å²) < 4.78 is 0. The van der Waals surface area contributed by atoms with Gasteiger partial charge in [-0.15, -0.1) is 0 Å². The molecule has 2 aromatic rings. The molecule has 3 N–H and O–H groups in total. The first kappa shape index (κ1) is 12.2. The van der Waals surface area contributed by atoms with E-state index >= 15 is 0 Å². The van der Waals surface area contributed by atoms with Crippen LogP contribution in [0.15, 0.2) is 41.3 Å². The Morgan fingerprint density at radius 1 is 1.33 bits per heavy atom. The highest BCUT2D eigenvalue weighted by molar-refractivity contribution is 6.31. The highest BCUT2D eigenvalue weighted by atomic mass is 35.5. The normalized spacial score (nSPS) is 10.1. The third-order valence-corrected chi connectivity index (χ3v) is 2.50. The Bertz CT molecular complexity index is 652. The predicted molar refractivity (Wildman–Crippen MR) is 68.1 cm³/mol. The van der Waals surface area contributed by atoms with Crippen LogP contribution in [0.25, 0.3) is 0 Å². The molecule has 5 nitrogen and oxygen atoms in total. The molecule has 0 saturated carbocycles. The van der Waals surface area contributed by atoms with Crippen LogP contribution in [0.2, 0.25) is 5.02 Å². The van der Waals surface area contributed by atoms with E-state index in [0.29, 0.717) is 5.02 Å². The van der Waals surface area contributed by atoms with Gasteiger partial charge in [0.05, 0.1) is 5.69 Å². The predicted octanol–water partition coefficient (Wildman–Crippen LogP) is 1.99. The molecular formula is C12H9ClN2O3. The average molecular weight is 265 g/mol. The molecule has 1 amide bonds. The zero-order valence-electron chi connectivity index (χ0n) is 9.11. The Morgan fingerprint density at radius 2 is 2.11 bits per heavy atom. The Kier molecular flexibility index (Phi) is 3.34. The number of aromatic hydroxyl groups is 1. The lowest BCUT2D eigenvalue weighted by atomic mass is 10.2. The van der Waals surface area contributed by atoms with E-state index in [1.165, 1.54) is 36.5 Å². The van der Waals surface area contributed by atoms with Crippen LogP contribution in [-0.4, -0.2) is 16.0 Å². The first-order chi connectivity index (χ1) is 8.58. The summed E-state index contributed by atoms with van der Waals surface area (Å²) in [5, 5.41) is 12.3. The number of anilines is 1. The molecule has 0 atom stereocenters. The van der Waals surface area contributed by atoms with Gasteiger partial charge >= 0.3 is 0 Å². The van der Waals surface area contributed by atoms with E-state index < -0.39 is 11.5 Å². The van der Waals surface area contributed by atoms with Crippen molar-refractivity contribution < 1.29 is 9.90 Å². The number of H-pyrrole nitrogens is 1. The summed E-state index contributed by atoms with van der Waals surface area (Å²) in [6.07, 6.45) is 1.43. The molecule has 6 heteroatoms. The van der Waals surface area contributed by atoms with Crippen LogP contribution >= 0.6 is 11.6 Å². The molecule has 0 unspecified atom stereocenters. The highest BCUT2D eigenvalue weighted by Crippen LogP contribution is 2.26. The summed E-state index contributed by atoms with van der Waals surface area (Å²) in [5.74, 6) is -0.741. The molecule has 0 saturated heterocycles. The number of carbonyl (C=O) groups is 1. The molecule has 0 spiro atoms. The number of hydrogen-bond acceptors (Lipinski definition) is 3. The minimum atomic E-state index is -0.616. The maximum Gasteiger partial charge on any atom is 0.261 e. The van der Waals surface area contributed by atoms with Gasteiger partial charge in [-0.05, 0) is 30.3 Å². The van der Waals surface area contributed by atoms with Crippen LogP contribution in [0.5, 0.6) is 5.75 Å². The standard InChI is InChI=1S/C12H9ClN2O3/c13-7-3-4-10(16)9(6-7)15-12(18)8-2-1-5-14-11(8)17/h1-6,16H,(H,14,17)(H,15,18). The Hall–Kier alpha value is -2.27. The second-order valence-corrected chi connectivity index (χ2v) is 3.96. The molecule has 1 heterocycles. The smallest absolute Gasteiger partial charge is 0.261 e. The molecule has 18 heavy (non-hydrogen) atoms. The van der Waals surface area contributed by atoms with Gasteiger partial charge in [-0.3, -0.25) is 9.59 Å². The van der Waals surface area contributed by atoms with Gasteiger partial charge in [-0.25, -0.2) is 0 Å². The number of aromatic amines is 1. The van der Waals surface area contributed by atoms with Crippen molar-refractivity contribution in [3.8, 4) is 5.75 Å². The van der Waals surface area contributed by atoms with Gasteiger partial charge in [0, 0.05) is 11.2 Å². The van der Waals surface area contributed by atoms with Gasteiger partial charge in [-0.1, -0.05) is 11.6 Å². The van der Waals surface area contributed by atoms with Gasteiger partial charge in [0.1, 0.15) is 11.3 Å². The SMILES string of the molecule is O=C(Nc1cc(Cl)ccc1O)c1ccc[nH]c1=O. The largest absolute Gasteiger partial charge is 0.506 e. The van der Waals surface area contributed by atoms with Crippen molar-refractivity contribution in [3.05, 3.63) is 57.5 Å². The fourth-order valence-electron chi connectivity index (χ4n) is 1.40. The number of aromatic nitrogens is 1. The van der Waals surface area contributed by atoms with Crippen molar-refractivity contribution >= 4 is 23.2 Å². The zero-order valence-corrected chi connectivity index (χ0v) is 9.86. The maximum atomic E-state index is 11.8.